The number of carbonyl (C=O) groups excluding carboxylic acids is 1. The molecule has 1 aromatic carbocycles. The molecule has 1 aromatic rings. The predicted molar refractivity (Wildman–Crippen MR) is 86.0 cm³/mol. The number of carbonyl (C=O) groups is 1. The number of halogens is 2. The van der Waals surface area contributed by atoms with Gasteiger partial charge in [-0.15, -0.1) is 0 Å². The SMILES string of the molecule is CN(CC(=O)Nc1ccc(Cl)c(Cl)c1)C1CCCCC1O. The van der Waals surface area contributed by atoms with Crippen LogP contribution in [-0.2, 0) is 4.79 Å². The number of amides is 1. The first-order chi connectivity index (χ1) is 9.97. The second kappa shape index (κ2) is 7.45. The van der Waals surface area contributed by atoms with Crippen LogP contribution in [0.1, 0.15) is 25.7 Å². The standard InChI is InChI=1S/C15H20Cl2N2O2/c1-19(13-4-2-3-5-14(13)20)9-15(21)18-10-6-7-11(16)12(17)8-10/h6-8,13-14,20H,2-5,9H2,1H3,(H,18,21). The molecule has 1 amide bonds. The zero-order valence-electron chi connectivity index (χ0n) is 12.0. The Labute approximate surface area is 135 Å². The summed E-state index contributed by atoms with van der Waals surface area (Å²) < 4.78 is 0. The molecule has 0 saturated heterocycles. The third-order valence-electron chi connectivity index (χ3n) is 3.86. The second-order valence-electron chi connectivity index (χ2n) is 5.51. The maximum atomic E-state index is 12.1. The smallest absolute Gasteiger partial charge is 0.238 e. The van der Waals surface area contributed by atoms with Gasteiger partial charge in [-0.1, -0.05) is 36.0 Å². The van der Waals surface area contributed by atoms with Crippen LogP contribution < -0.4 is 5.32 Å². The fourth-order valence-electron chi connectivity index (χ4n) is 2.72. The van der Waals surface area contributed by atoms with Crippen LogP contribution in [0.5, 0.6) is 0 Å². The Balaban J connectivity index is 1.90. The summed E-state index contributed by atoms with van der Waals surface area (Å²) in [5, 5.41) is 13.7. The van der Waals surface area contributed by atoms with Crippen molar-refractivity contribution < 1.29 is 9.90 Å². The molecule has 4 nitrogen and oxygen atoms in total. The maximum Gasteiger partial charge on any atom is 0.238 e. The van der Waals surface area contributed by atoms with E-state index in [9.17, 15) is 9.90 Å². The third-order valence-corrected chi connectivity index (χ3v) is 4.60. The molecule has 2 unspecified atom stereocenters. The summed E-state index contributed by atoms with van der Waals surface area (Å²) in [4.78, 5) is 14.0. The molecule has 0 aromatic heterocycles. The van der Waals surface area contributed by atoms with Crippen LogP contribution in [0.15, 0.2) is 18.2 Å². The summed E-state index contributed by atoms with van der Waals surface area (Å²) in [6, 6.07) is 5.03. The van der Waals surface area contributed by atoms with E-state index < -0.39 is 0 Å². The number of aliphatic hydroxyl groups excluding tert-OH is 1. The monoisotopic (exact) mass is 330 g/mol. The number of hydrogen-bond acceptors (Lipinski definition) is 3. The molecule has 6 heteroatoms. The maximum absolute atomic E-state index is 12.1. The average molecular weight is 331 g/mol. The van der Waals surface area contributed by atoms with Crippen molar-refractivity contribution in [2.75, 3.05) is 18.9 Å². The summed E-state index contributed by atoms with van der Waals surface area (Å²) in [6.45, 7) is 0.238. The van der Waals surface area contributed by atoms with Crippen LogP contribution in [0.4, 0.5) is 5.69 Å². The van der Waals surface area contributed by atoms with Gasteiger partial charge in [-0.2, -0.15) is 0 Å². The van der Waals surface area contributed by atoms with E-state index in [0.29, 0.717) is 15.7 Å². The van der Waals surface area contributed by atoms with Crippen LogP contribution in [0.2, 0.25) is 10.0 Å². The number of aliphatic hydroxyl groups is 1. The van der Waals surface area contributed by atoms with Crippen molar-refractivity contribution in [2.24, 2.45) is 0 Å². The number of nitrogens with zero attached hydrogens (tertiary/aromatic N) is 1. The lowest BCUT2D eigenvalue weighted by Gasteiger charge is -2.34. The topological polar surface area (TPSA) is 52.6 Å². The largest absolute Gasteiger partial charge is 0.391 e. The highest BCUT2D eigenvalue weighted by atomic mass is 35.5. The van der Waals surface area contributed by atoms with Gasteiger partial charge in [-0.3, -0.25) is 9.69 Å². The lowest BCUT2D eigenvalue weighted by molar-refractivity contribution is -0.118. The zero-order chi connectivity index (χ0) is 15.4. The van der Waals surface area contributed by atoms with Crippen LogP contribution >= 0.6 is 23.2 Å². The van der Waals surface area contributed by atoms with Gasteiger partial charge in [0.05, 0.1) is 22.7 Å². The molecule has 1 aliphatic carbocycles. The van der Waals surface area contributed by atoms with Crippen molar-refractivity contribution in [2.45, 2.75) is 37.8 Å². The minimum Gasteiger partial charge on any atom is -0.391 e. The molecule has 2 rings (SSSR count). The predicted octanol–water partition coefficient (Wildman–Crippen LogP) is 3.17. The summed E-state index contributed by atoms with van der Waals surface area (Å²) in [5.74, 6) is -0.131. The van der Waals surface area contributed by atoms with Crippen molar-refractivity contribution in [3.8, 4) is 0 Å². The van der Waals surface area contributed by atoms with E-state index in [1.165, 1.54) is 0 Å². The number of nitrogens with one attached hydrogen (secondary N) is 1. The van der Waals surface area contributed by atoms with Crippen molar-refractivity contribution >= 4 is 34.8 Å². The molecule has 0 radical (unpaired) electrons. The fourth-order valence-corrected chi connectivity index (χ4v) is 3.02. The van der Waals surface area contributed by atoms with E-state index in [1.54, 1.807) is 18.2 Å². The molecule has 21 heavy (non-hydrogen) atoms. The number of benzene rings is 1. The molecule has 1 saturated carbocycles. The molecule has 2 N–H and O–H groups in total. The Morgan fingerprint density at radius 3 is 2.71 bits per heavy atom. The molecule has 0 aliphatic heterocycles. The minimum absolute atomic E-state index is 0.0540. The van der Waals surface area contributed by atoms with E-state index >= 15 is 0 Å². The molecule has 1 aliphatic rings. The molecule has 0 bridgehead atoms. The van der Waals surface area contributed by atoms with Gasteiger partial charge < -0.3 is 10.4 Å². The molecule has 0 spiro atoms. The normalized spacial score (nSPS) is 22.3. The van der Waals surface area contributed by atoms with Gasteiger partial charge in [0, 0.05) is 11.7 Å². The van der Waals surface area contributed by atoms with E-state index in [2.05, 4.69) is 5.32 Å². The van der Waals surface area contributed by atoms with Crippen molar-refractivity contribution in [1.29, 1.82) is 0 Å². The third kappa shape index (κ3) is 4.58. The lowest BCUT2D eigenvalue weighted by Crippen LogP contribution is -2.46. The number of hydrogen-bond donors (Lipinski definition) is 2. The minimum atomic E-state index is -0.346. The molecule has 1 fully saturated rings. The van der Waals surface area contributed by atoms with E-state index in [0.717, 1.165) is 25.7 Å². The van der Waals surface area contributed by atoms with Crippen LogP contribution in [0.3, 0.4) is 0 Å². The second-order valence-corrected chi connectivity index (χ2v) is 6.33. The first-order valence-corrected chi connectivity index (χ1v) is 7.86. The zero-order valence-corrected chi connectivity index (χ0v) is 13.5. The van der Waals surface area contributed by atoms with Gasteiger partial charge in [0.2, 0.25) is 5.91 Å². The van der Waals surface area contributed by atoms with Crippen LogP contribution in [-0.4, -0.2) is 41.7 Å². The number of rotatable bonds is 4. The Hall–Kier alpha value is -0.810. The van der Waals surface area contributed by atoms with Gasteiger partial charge in [0.1, 0.15) is 0 Å². The molecule has 2 atom stereocenters. The highest BCUT2D eigenvalue weighted by Gasteiger charge is 2.27. The van der Waals surface area contributed by atoms with Gasteiger partial charge in [-0.25, -0.2) is 0 Å². The van der Waals surface area contributed by atoms with E-state index in [4.69, 9.17) is 23.2 Å². The first-order valence-electron chi connectivity index (χ1n) is 7.10. The Kier molecular flexibility index (Phi) is 5.88. The quantitative estimate of drug-likeness (QED) is 0.891. The summed E-state index contributed by atoms with van der Waals surface area (Å²) in [6.07, 6.45) is 3.55. The average Bonchev–Trinajstić information content (AvgIpc) is 2.43. The molecular formula is C15H20Cl2N2O2. The summed E-state index contributed by atoms with van der Waals surface area (Å²) in [5.41, 5.74) is 0.618. The molecule has 116 valence electrons. The van der Waals surface area contributed by atoms with E-state index in [1.807, 2.05) is 11.9 Å². The molecular weight excluding hydrogens is 311 g/mol. The summed E-state index contributed by atoms with van der Waals surface area (Å²) >= 11 is 11.8. The van der Waals surface area contributed by atoms with Crippen molar-refractivity contribution in [1.82, 2.24) is 4.90 Å². The van der Waals surface area contributed by atoms with Crippen LogP contribution in [0.25, 0.3) is 0 Å². The Morgan fingerprint density at radius 2 is 2.05 bits per heavy atom. The van der Waals surface area contributed by atoms with Crippen molar-refractivity contribution in [3.63, 3.8) is 0 Å². The Bertz CT molecular complexity index is 510. The highest BCUT2D eigenvalue weighted by Crippen LogP contribution is 2.25. The highest BCUT2D eigenvalue weighted by molar-refractivity contribution is 6.42. The fraction of sp³-hybridized carbons (Fsp3) is 0.533. The van der Waals surface area contributed by atoms with Crippen molar-refractivity contribution in [3.05, 3.63) is 28.2 Å². The number of anilines is 1. The summed E-state index contributed by atoms with van der Waals surface area (Å²) in [7, 11) is 1.87. The number of likely N-dealkylation sites (N-methyl/N-ethyl adjacent to an activating group) is 1. The van der Waals surface area contributed by atoms with Gasteiger partial charge in [0.25, 0.3) is 0 Å². The lowest BCUT2D eigenvalue weighted by atomic mass is 9.91. The first kappa shape index (κ1) is 16.6. The van der Waals surface area contributed by atoms with Crippen LogP contribution in [0, 0.1) is 0 Å². The Morgan fingerprint density at radius 1 is 1.33 bits per heavy atom. The van der Waals surface area contributed by atoms with Gasteiger partial charge in [-0.05, 0) is 38.1 Å². The van der Waals surface area contributed by atoms with Gasteiger partial charge >= 0.3 is 0 Å². The van der Waals surface area contributed by atoms with E-state index in [-0.39, 0.29) is 24.6 Å². The molecule has 0 heterocycles. The van der Waals surface area contributed by atoms with Gasteiger partial charge in [0.15, 0.2) is 0 Å².